The van der Waals surface area contributed by atoms with Gasteiger partial charge in [0.2, 0.25) is 6.41 Å². The molecule has 182 valence electrons. The van der Waals surface area contributed by atoms with Crippen molar-refractivity contribution in [3.63, 3.8) is 0 Å². The Kier molecular flexibility index (Phi) is 6.60. The first-order valence-electron chi connectivity index (χ1n) is 11.0. The van der Waals surface area contributed by atoms with Crippen molar-refractivity contribution in [1.82, 2.24) is 24.8 Å². The molecule has 2 aromatic heterocycles. The molecule has 9 nitrogen and oxygen atoms in total. The minimum Gasteiger partial charge on any atom is -0.382 e. The predicted octanol–water partition coefficient (Wildman–Crippen LogP) is 2.22. The van der Waals surface area contributed by atoms with Gasteiger partial charge in [0.25, 0.3) is 0 Å². The van der Waals surface area contributed by atoms with Crippen molar-refractivity contribution >= 4 is 29.1 Å². The van der Waals surface area contributed by atoms with Crippen molar-refractivity contribution in [2.75, 3.05) is 23.7 Å². The lowest BCUT2D eigenvalue weighted by Crippen LogP contribution is -2.27. The Balaban J connectivity index is 0.000000398. The largest absolute Gasteiger partial charge is 0.416 e. The Morgan fingerprint density at radius 1 is 1.21 bits per heavy atom. The average molecular weight is 477 g/mol. The predicted molar refractivity (Wildman–Crippen MR) is 122 cm³/mol. The summed E-state index contributed by atoms with van der Waals surface area (Å²) in [6.07, 6.45) is 2.33. The van der Waals surface area contributed by atoms with Crippen LogP contribution in [-0.4, -0.2) is 51.1 Å². The molecule has 2 fully saturated rings. The molecule has 1 saturated heterocycles. The monoisotopic (exact) mass is 476 g/mol. The molecular formula is C22H27F3N8O. The van der Waals surface area contributed by atoms with Crippen LogP contribution in [0.4, 0.5) is 24.7 Å². The smallest absolute Gasteiger partial charge is 0.382 e. The van der Waals surface area contributed by atoms with E-state index in [1.807, 2.05) is 4.90 Å². The second-order valence-corrected chi connectivity index (χ2v) is 8.59. The number of fused-ring (bicyclic) bond motifs is 1. The highest BCUT2D eigenvalue weighted by atomic mass is 19.4. The SMILES string of the molecule is Cc1c(C(F)(F)F)ccc(N2CCC(N)C2)c1Cn1cnc2c(N)ncnc21.O=CNC1CC1. The van der Waals surface area contributed by atoms with E-state index in [9.17, 15) is 18.0 Å². The number of nitrogens with one attached hydrogen (secondary N) is 1. The topological polar surface area (TPSA) is 128 Å². The van der Waals surface area contributed by atoms with Gasteiger partial charge in [-0.25, -0.2) is 15.0 Å². The number of nitrogen functional groups attached to an aromatic ring is 1. The molecule has 0 bridgehead atoms. The molecule has 3 aromatic rings. The lowest BCUT2D eigenvalue weighted by molar-refractivity contribution is -0.138. The van der Waals surface area contributed by atoms with Gasteiger partial charge < -0.3 is 26.3 Å². The zero-order valence-electron chi connectivity index (χ0n) is 18.7. The zero-order valence-corrected chi connectivity index (χ0v) is 18.7. The maximum Gasteiger partial charge on any atom is 0.416 e. The van der Waals surface area contributed by atoms with Crippen LogP contribution in [0.5, 0.6) is 0 Å². The minimum absolute atomic E-state index is 0.0112. The molecule has 1 aromatic carbocycles. The van der Waals surface area contributed by atoms with E-state index in [0.717, 1.165) is 24.6 Å². The van der Waals surface area contributed by atoms with Crippen molar-refractivity contribution in [3.05, 3.63) is 41.5 Å². The van der Waals surface area contributed by atoms with Gasteiger partial charge in [0.05, 0.1) is 18.4 Å². The Labute approximate surface area is 194 Å². The van der Waals surface area contributed by atoms with Crippen LogP contribution in [0.3, 0.4) is 0 Å². The van der Waals surface area contributed by atoms with E-state index >= 15 is 0 Å². The van der Waals surface area contributed by atoms with Gasteiger partial charge in [-0.3, -0.25) is 4.79 Å². The number of anilines is 2. The number of carbonyl (C=O) groups is 1. The highest BCUT2D eigenvalue weighted by Crippen LogP contribution is 2.38. The average Bonchev–Trinajstić information content (AvgIpc) is 3.34. The fourth-order valence-corrected chi connectivity index (χ4v) is 4.08. The van der Waals surface area contributed by atoms with Crippen molar-refractivity contribution in [2.45, 2.75) is 51.0 Å². The molecule has 1 saturated carbocycles. The first-order chi connectivity index (χ1) is 16.2. The van der Waals surface area contributed by atoms with Crippen LogP contribution in [0.25, 0.3) is 11.2 Å². The van der Waals surface area contributed by atoms with E-state index in [1.165, 1.54) is 38.5 Å². The van der Waals surface area contributed by atoms with Crippen LogP contribution in [-0.2, 0) is 17.5 Å². The summed E-state index contributed by atoms with van der Waals surface area (Å²) in [5.41, 5.74) is 13.6. The van der Waals surface area contributed by atoms with E-state index in [4.69, 9.17) is 11.5 Å². The van der Waals surface area contributed by atoms with E-state index in [0.29, 0.717) is 35.9 Å². The van der Waals surface area contributed by atoms with Gasteiger partial charge in [0.1, 0.15) is 11.8 Å². The molecule has 34 heavy (non-hydrogen) atoms. The van der Waals surface area contributed by atoms with E-state index < -0.39 is 11.7 Å². The molecular weight excluding hydrogens is 449 g/mol. The van der Waals surface area contributed by atoms with Crippen LogP contribution in [0.2, 0.25) is 0 Å². The summed E-state index contributed by atoms with van der Waals surface area (Å²) in [6, 6.07) is 3.22. The Morgan fingerprint density at radius 2 is 1.97 bits per heavy atom. The Morgan fingerprint density at radius 3 is 2.56 bits per heavy atom. The fourth-order valence-electron chi connectivity index (χ4n) is 4.08. The Hall–Kier alpha value is -3.41. The van der Waals surface area contributed by atoms with Crippen molar-refractivity contribution in [2.24, 2.45) is 5.73 Å². The maximum atomic E-state index is 13.5. The van der Waals surface area contributed by atoms with Crippen LogP contribution in [0, 0.1) is 6.92 Å². The standard InChI is InChI=1S/C18H20F3N7.C4H7NO/c1-10-12(7-28-9-26-15-16(23)24-8-25-17(15)28)14(27-5-4-11(22)6-27)3-2-13(10)18(19,20)21;6-3-5-4-1-2-4/h2-3,8-9,11H,4-7,22H2,1H3,(H2,23,24,25);3-4H,1-2H2,(H,5,6). The number of nitrogens with two attached hydrogens (primary N) is 2. The van der Waals surface area contributed by atoms with Crippen molar-refractivity contribution in [1.29, 1.82) is 0 Å². The van der Waals surface area contributed by atoms with E-state index in [2.05, 4.69) is 20.3 Å². The first kappa shape index (κ1) is 23.7. The van der Waals surface area contributed by atoms with Crippen LogP contribution in [0.15, 0.2) is 24.8 Å². The van der Waals surface area contributed by atoms with Crippen LogP contribution in [0.1, 0.15) is 36.0 Å². The number of carbonyl (C=O) groups excluding carboxylic acids is 1. The summed E-state index contributed by atoms with van der Waals surface area (Å²) in [5.74, 6) is 0.232. The summed E-state index contributed by atoms with van der Waals surface area (Å²) in [5, 5.41) is 2.64. The number of alkyl halides is 3. The summed E-state index contributed by atoms with van der Waals surface area (Å²) >= 11 is 0. The van der Waals surface area contributed by atoms with Gasteiger partial charge in [-0.15, -0.1) is 0 Å². The van der Waals surface area contributed by atoms with E-state index in [-0.39, 0.29) is 24.0 Å². The number of hydrogen-bond donors (Lipinski definition) is 3. The second kappa shape index (κ2) is 9.45. The minimum atomic E-state index is -4.43. The summed E-state index contributed by atoms with van der Waals surface area (Å²) in [6.45, 7) is 3.00. The molecule has 1 aliphatic carbocycles. The molecule has 1 amide bonds. The molecule has 12 heteroatoms. The molecule has 1 unspecified atom stereocenters. The van der Waals surface area contributed by atoms with Gasteiger partial charge in [0.15, 0.2) is 11.5 Å². The van der Waals surface area contributed by atoms with Crippen LogP contribution >= 0.6 is 0 Å². The zero-order chi connectivity index (χ0) is 24.5. The van der Waals surface area contributed by atoms with Gasteiger partial charge in [0, 0.05) is 30.9 Å². The van der Waals surface area contributed by atoms with Crippen LogP contribution < -0.4 is 21.7 Å². The number of hydrogen-bond acceptors (Lipinski definition) is 7. The molecule has 0 radical (unpaired) electrons. The van der Waals surface area contributed by atoms with Gasteiger partial charge in [-0.2, -0.15) is 13.2 Å². The Bertz CT molecular complexity index is 1170. The highest BCUT2D eigenvalue weighted by Gasteiger charge is 2.34. The number of amides is 1. The number of nitrogens with zero attached hydrogens (tertiary/aromatic N) is 5. The number of rotatable bonds is 5. The number of halogens is 3. The highest BCUT2D eigenvalue weighted by molar-refractivity contribution is 5.81. The maximum absolute atomic E-state index is 13.5. The third kappa shape index (κ3) is 5.06. The van der Waals surface area contributed by atoms with Gasteiger partial charge in [-0.05, 0) is 49.4 Å². The summed E-state index contributed by atoms with van der Waals surface area (Å²) in [7, 11) is 0. The molecule has 3 heterocycles. The normalized spacial score (nSPS) is 18.0. The van der Waals surface area contributed by atoms with Crippen molar-refractivity contribution in [3.8, 4) is 0 Å². The second-order valence-electron chi connectivity index (χ2n) is 8.59. The van der Waals surface area contributed by atoms with E-state index in [1.54, 1.807) is 4.57 Å². The third-order valence-electron chi connectivity index (χ3n) is 6.08. The first-order valence-corrected chi connectivity index (χ1v) is 11.0. The molecule has 2 aliphatic rings. The van der Waals surface area contributed by atoms with Gasteiger partial charge in [-0.1, -0.05) is 0 Å². The molecule has 1 aliphatic heterocycles. The van der Waals surface area contributed by atoms with Crippen molar-refractivity contribution < 1.29 is 18.0 Å². The number of imidazole rings is 1. The fraction of sp³-hybridized carbons (Fsp3) is 0.455. The number of benzene rings is 1. The van der Waals surface area contributed by atoms with Gasteiger partial charge >= 0.3 is 6.18 Å². The molecule has 5 rings (SSSR count). The lowest BCUT2D eigenvalue weighted by atomic mass is 9.99. The third-order valence-corrected chi connectivity index (χ3v) is 6.08. The number of aromatic nitrogens is 4. The molecule has 0 spiro atoms. The summed E-state index contributed by atoms with van der Waals surface area (Å²) in [4.78, 5) is 23.9. The molecule has 1 atom stereocenters. The lowest BCUT2D eigenvalue weighted by Gasteiger charge is -2.25. The summed E-state index contributed by atoms with van der Waals surface area (Å²) < 4.78 is 42.2. The molecule has 5 N–H and O–H groups in total. The quantitative estimate of drug-likeness (QED) is 0.482.